The number of anilines is 1. The monoisotopic (exact) mass is 537 g/mol. The van der Waals surface area contributed by atoms with Crippen LogP contribution in [0.15, 0.2) is 54.6 Å². The predicted octanol–water partition coefficient (Wildman–Crippen LogP) is 3.64. The second kappa shape index (κ2) is 10.5. The Kier molecular flexibility index (Phi) is 7.48. The van der Waals surface area contributed by atoms with E-state index in [0.29, 0.717) is 19.6 Å². The third-order valence-electron chi connectivity index (χ3n) is 8.34. The van der Waals surface area contributed by atoms with Gasteiger partial charge >= 0.3 is 0 Å². The summed E-state index contributed by atoms with van der Waals surface area (Å²) in [5.74, 6) is -1.29. The third-order valence-corrected chi connectivity index (χ3v) is 10.1. The lowest BCUT2D eigenvalue weighted by Gasteiger charge is -2.40. The average molecular weight is 538 g/mol. The summed E-state index contributed by atoms with van der Waals surface area (Å²) in [6.07, 6.45) is 11.5. The van der Waals surface area contributed by atoms with E-state index in [2.05, 4.69) is 12.2 Å². The number of benzene rings is 1. The van der Waals surface area contributed by atoms with E-state index in [1.165, 1.54) is 0 Å². The van der Waals surface area contributed by atoms with Gasteiger partial charge in [-0.2, -0.15) is 0 Å². The van der Waals surface area contributed by atoms with Gasteiger partial charge in [0.25, 0.3) is 0 Å². The molecule has 1 unspecified atom stereocenters. The summed E-state index contributed by atoms with van der Waals surface area (Å²) in [5, 5.41) is 8.98. The van der Waals surface area contributed by atoms with Gasteiger partial charge in [-0.3, -0.25) is 14.4 Å². The molecule has 1 aromatic rings. The number of rotatable bonds is 7. The van der Waals surface area contributed by atoms with Crippen molar-refractivity contribution in [1.29, 1.82) is 0 Å². The summed E-state index contributed by atoms with van der Waals surface area (Å²) in [5.41, 5.74) is 0.427. The minimum absolute atomic E-state index is 0.0333. The van der Waals surface area contributed by atoms with Gasteiger partial charge in [-0.15, -0.1) is 11.8 Å². The smallest absolute Gasteiger partial charge is 0.247 e. The number of thioether (sulfide) groups is 1. The van der Waals surface area contributed by atoms with Crippen LogP contribution < -0.4 is 4.90 Å². The van der Waals surface area contributed by atoms with Crippen LogP contribution in [0.25, 0.3) is 0 Å². The van der Waals surface area contributed by atoms with Crippen LogP contribution in [-0.2, 0) is 14.4 Å². The van der Waals surface area contributed by atoms with Gasteiger partial charge < -0.3 is 19.8 Å². The molecular weight excluding hydrogens is 498 g/mol. The molecule has 0 aromatic heterocycles. The van der Waals surface area contributed by atoms with Crippen LogP contribution in [0.4, 0.5) is 5.69 Å². The van der Waals surface area contributed by atoms with E-state index >= 15 is 0 Å². The van der Waals surface area contributed by atoms with E-state index in [9.17, 15) is 14.4 Å². The van der Waals surface area contributed by atoms with Crippen molar-refractivity contribution < 1.29 is 19.5 Å². The molecule has 4 aliphatic heterocycles. The van der Waals surface area contributed by atoms with Crippen LogP contribution in [0.3, 0.4) is 0 Å². The van der Waals surface area contributed by atoms with Crippen molar-refractivity contribution in [1.82, 2.24) is 9.80 Å². The van der Waals surface area contributed by atoms with Crippen molar-refractivity contribution in [3.8, 4) is 0 Å². The second-order valence-electron chi connectivity index (χ2n) is 11.7. The summed E-state index contributed by atoms with van der Waals surface area (Å²) < 4.78 is -0.783. The van der Waals surface area contributed by atoms with Gasteiger partial charge in [0, 0.05) is 42.7 Å². The zero-order valence-electron chi connectivity index (χ0n) is 22.6. The zero-order chi connectivity index (χ0) is 27.1. The molecule has 4 aliphatic rings. The molecule has 1 aromatic carbocycles. The van der Waals surface area contributed by atoms with Crippen molar-refractivity contribution in [3.05, 3.63) is 54.6 Å². The third kappa shape index (κ3) is 4.49. The van der Waals surface area contributed by atoms with Crippen molar-refractivity contribution in [3.63, 3.8) is 0 Å². The first-order valence-corrected chi connectivity index (χ1v) is 14.7. The molecule has 8 heteroatoms. The van der Waals surface area contributed by atoms with E-state index in [4.69, 9.17) is 5.11 Å². The molecule has 38 heavy (non-hydrogen) atoms. The van der Waals surface area contributed by atoms with Gasteiger partial charge in [-0.25, -0.2) is 0 Å². The molecule has 3 amide bonds. The van der Waals surface area contributed by atoms with Crippen LogP contribution in [-0.4, -0.2) is 80.4 Å². The van der Waals surface area contributed by atoms with Gasteiger partial charge in [0.1, 0.15) is 6.04 Å². The number of carbonyl (C=O) groups is 3. The minimum Gasteiger partial charge on any atom is -0.396 e. The summed E-state index contributed by atoms with van der Waals surface area (Å²) in [6.45, 7) is 7.68. The van der Waals surface area contributed by atoms with E-state index in [0.717, 1.165) is 31.4 Å². The predicted molar refractivity (Wildman–Crippen MR) is 151 cm³/mol. The van der Waals surface area contributed by atoms with Gasteiger partial charge in [-0.05, 0) is 45.7 Å². The summed E-state index contributed by atoms with van der Waals surface area (Å²) >= 11 is 1.63. The molecule has 0 aliphatic carbocycles. The molecule has 2 fully saturated rings. The summed E-state index contributed by atoms with van der Waals surface area (Å²) in [6, 6.07) is 8.98. The molecule has 204 valence electrons. The molecule has 0 saturated carbocycles. The Morgan fingerprint density at radius 3 is 2.39 bits per heavy atom. The molecule has 4 heterocycles. The molecule has 1 N–H and O–H groups in total. The molecule has 7 nitrogen and oxygen atoms in total. The maximum atomic E-state index is 14.3. The fourth-order valence-electron chi connectivity index (χ4n) is 6.57. The molecule has 5 atom stereocenters. The molecule has 1 spiro atoms. The topological polar surface area (TPSA) is 81.2 Å². The van der Waals surface area contributed by atoms with Crippen LogP contribution in [0, 0.1) is 11.8 Å². The Morgan fingerprint density at radius 2 is 1.68 bits per heavy atom. The summed E-state index contributed by atoms with van der Waals surface area (Å²) in [4.78, 5) is 48.2. The summed E-state index contributed by atoms with van der Waals surface area (Å²) in [7, 11) is 0. The Morgan fingerprint density at radius 1 is 0.947 bits per heavy atom. The lowest BCUT2D eigenvalue weighted by Crippen LogP contribution is -2.57. The Balaban J connectivity index is 1.54. The largest absolute Gasteiger partial charge is 0.396 e. The number of amides is 3. The first-order chi connectivity index (χ1) is 18.2. The highest BCUT2D eigenvalue weighted by Crippen LogP contribution is 2.61. The number of carbonyl (C=O) groups excluding carboxylic acids is 3. The molecule has 0 radical (unpaired) electrons. The normalized spacial score (nSPS) is 30.8. The Labute approximate surface area is 229 Å². The van der Waals surface area contributed by atoms with Crippen molar-refractivity contribution in [2.45, 2.75) is 68.0 Å². The molecule has 2 saturated heterocycles. The number of likely N-dealkylation sites (tertiary alicyclic amines) is 1. The van der Waals surface area contributed by atoms with Crippen LogP contribution in [0.5, 0.6) is 0 Å². The fraction of sp³-hybridized carbons (Fsp3) is 0.567. The van der Waals surface area contributed by atoms with E-state index in [-0.39, 0.29) is 29.6 Å². The Hall–Kier alpha value is -2.58. The van der Waals surface area contributed by atoms with Crippen LogP contribution in [0.1, 0.15) is 46.5 Å². The maximum Gasteiger partial charge on any atom is 0.247 e. The van der Waals surface area contributed by atoms with Gasteiger partial charge in [-0.1, -0.05) is 55.3 Å². The van der Waals surface area contributed by atoms with Gasteiger partial charge in [0.15, 0.2) is 0 Å². The molecule has 5 rings (SSSR count). The lowest BCUT2D eigenvalue weighted by atomic mass is 9.78. The van der Waals surface area contributed by atoms with Gasteiger partial charge in [0.2, 0.25) is 17.7 Å². The molecular formula is C30H39N3O4S. The maximum absolute atomic E-state index is 14.3. The number of para-hydroxylation sites is 1. The lowest BCUT2D eigenvalue weighted by molar-refractivity contribution is -0.145. The highest BCUT2D eigenvalue weighted by molar-refractivity contribution is 8.02. The SMILES string of the molecule is CC(C)(C)N1CC=C[C@]23S[C@@H]4C=CCN(c5ccccc5)C(=O)[C@@H]4[C@H]2C(=O)N(CCCCCCO)C3C1=O. The van der Waals surface area contributed by atoms with E-state index in [1.807, 2.05) is 68.2 Å². The van der Waals surface area contributed by atoms with Crippen molar-refractivity contribution in [2.24, 2.45) is 11.8 Å². The van der Waals surface area contributed by atoms with Crippen LogP contribution in [0.2, 0.25) is 0 Å². The number of fused-ring (bicyclic) bond motifs is 2. The second-order valence-corrected chi connectivity index (χ2v) is 13.2. The first-order valence-electron chi connectivity index (χ1n) is 13.8. The number of unbranched alkanes of at least 4 members (excludes halogenated alkanes) is 3. The van der Waals surface area contributed by atoms with Crippen LogP contribution >= 0.6 is 11.8 Å². The number of aliphatic hydroxyl groups excluding tert-OH is 1. The number of hydrogen-bond acceptors (Lipinski definition) is 5. The van der Waals surface area contributed by atoms with E-state index in [1.54, 1.807) is 21.6 Å². The van der Waals surface area contributed by atoms with Crippen molar-refractivity contribution in [2.75, 3.05) is 31.1 Å². The van der Waals surface area contributed by atoms with E-state index < -0.39 is 28.2 Å². The van der Waals surface area contributed by atoms with Gasteiger partial charge in [0.05, 0.1) is 16.6 Å². The molecule has 0 bridgehead atoms. The average Bonchev–Trinajstić information content (AvgIpc) is 3.18. The fourth-order valence-corrected chi connectivity index (χ4v) is 8.57. The zero-order valence-corrected chi connectivity index (χ0v) is 23.4. The number of hydrogen-bond donors (Lipinski definition) is 1. The number of nitrogens with zero attached hydrogens (tertiary/aromatic N) is 3. The highest BCUT2D eigenvalue weighted by Gasteiger charge is 2.71. The van der Waals surface area contributed by atoms with Crippen molar-refractivity contribution >= 4 is 35.2 Å². The first kappa shape index (κ1) is 27.0. The highest BCUT2D eigenvalue weighted by atomic mass is 32.2. The standard InChI is InChI=1S/C30H39N3O4S/c1-29(2,3)33-19-12-16-30-24(27(36)32(25(30)28(33)37)17-9-4-5-10-20-34)23-22(38-30)15-11-18-31(26(23)35)21-13-7-6-8-14-21/h6-8,11-16,22-25,34H,4-5,9-10,17-20H2,1-3H3/t22-,23+,24+,25?,30+/m1/s1. The minimum atomic E-state index is -0.783. The number of aliphatic hydroxyl groups is 1. The quantitative estimate of drug-likeness (QED) is 0.424. The Bertz CT molecular complexity index is 1130.